The van der Waals surface area contributed by atoms with Crippen LogP contribution in [0.4, 0.5) is 0 Å². The molecule has 0 amide bonds. The smallest absolute Gasteiger partial charge is 0.0146 e. The van der Waals surface area contributed by atoms with Gasteiger partial charge in [-0.15, -0.1) is 5.75 Å². The van der Waals surface area contributed by atoms with E-state index in [1.165, 1.54) is 16.7 Å². The van der Waals surface area contributed by atoms with Gasteiger partial charge in [-0.05, 0) is 18.1 Å². The molecule has 2 aromatic rings. The van der Waals surface area contributed by atoms with E-state index in [4.69, 9.17) is 0 Å². The number of benzene rings is 2. The van der Waals surface area contributed by atoms with Crippen LogP contribution in [0.25, 0.3) is 0 Å². The summed E-state index contributed by atoms with van der Waals surface area (Å²) >= 11 is 0. The number of hydrogen-bond acceptors (Lipinski definition) is 1. The van der Waals surface area contributed by atoms with Crippen molar-refractivity contribution in [1.29, 1.82) is 0 Å². The zero-order valence-electron chi connectivity index (χ0n) is 10.5. The van der Waals surface area contributed by atoms with Crippen molar-refractivity contribution < 1.29 is 5.11 Å². The SMILES string of the molecule is Cc1ccc(C(C)(C)c2ccc([O-])cc2)cc1. The minimum Gasteiger partial charge on any atom is -0.872 e. The fraction of sp³-hybridized carbons (Fsp3) is 0.250. The van der Waals surface area contributed by atoms with E-state index < -0.39 is 0 Å². The minimum absolute atomic E-state index is 0.0634. The summed E-state index contributed by atoms with van der Waals surface area (Å²) < 4.78 is 0. The maximum atomic E-state index is 11.1. The largest absolute Gasteiger partial charge is 0.872 e. The molecule has 0 bridgehead atoms. The molecule has 0 saturated carbocycles. The Morgan fingerprint density at radius 1 is 0.765 bits per heavy atom. The molecule has 0 aliphatic carbocycles. The van der Waals surface area contributed by atoms with Crippen molar-refractivity contribution in [1.82, 2.24) is 0 Å². The van der Waals surface area contributed by atoms with Crippen LogP contribution in [0.1, 0.15) is 30.5 Å². The molecule has 0 radical (unpaired) electrons. The second-order valence-corrected chi connectivity index (χ2v) is 5.02. The lowest BCUT2D eigenvalue weighted by Crippen LogP contribution is -2.18. The maximum Gasteiger partial charge on any atom is 0.0146 e. The normalized spacial score (nSPS) is 11.5. The molecule has 17 heavy (non-hydrogen) atoms. The lowest BCUT2D eigenvalue weighted by molar-refractivity contribution is -0.268. The molecule has 0 saturated heterocycles. The highest BCUT2D eigenvalue weighted by Gasteiger charge is 2.22. The standard InChI is InChI=1S/C16H18O/c1-12-4-6-13(7-5-12)16(2,3)14-8-10-15(17)11-9-14/h4-11,17H,1-3H3/p-1. The first-order chi connectivity index (χ1) is 8.00. The Bertz CT molecular complexity index is 445. The molecule has 1 nitrogen and oxygen atoms in total. The molecule has 0 aromatic heterocycles. The van der Waals surface area contributed by atoms with Crippen molar-refractivity contribution in [2.24, 2.45) is 0 Å². The zero-order chi connectivity index (χ0) is 12.5. The van der Waals surface area contributed by atoms with Gasteiger partial charge in [0.1, 0.15) is 0 Å². The summed E-state index contributed by atoms with van der Waals surface area (Å²) in [4.78, 5) is 0. The highest BCUT2D eigenvalue weighted by atomic mass is 16.3. The monoisotopic (exact) mass is 225 g/mol. The van der Waals surface area contributed by atoms with E-state index in [1.54, 1.807) is 12.1 Å². The Balaban J connectivity index is 2.41. The first kappa shape index (κ1) is 11.7. The molecule has 0 fully saturated rings. The molecule has 88 valence electrons. The summed E-state index contributed by atoms with van der Waals surface area (Å²) in [6.45, 7) is 6.44. The van der Waals surface area contributed by atoms with Crippen LogP contribution in [0.2, 0.25) is 0 Å². The van der Waals surface area contributed by atoms with E-state index in [9.17, 15) is 5.11 Å². The van der Waals surface area contributed by atoms with Gasteiger partial charge in [-0.1, -0.05) is 67.9 Å². The summed E-state index contributed by atoms with van der Waals surface area (Å²) in [5.74, 6) is 0.0634. The van der Waals surface area contributed by atoms with E-state index in [0.717, 1.165) is 0 Å². The van der Waals surface area contributed by atoms with Crippen molar-refractivity contribution in [3.05, 3.63) is 65.2 Å². The zero-order valence-corrected chi connectivity index (χ0v) is 10.5. The summed E-state index contributed by atoms with van der Waals surface area (Å²) in [6.07, 6.45) is 0. The van der Waals surface area contributed by atoms with E-state index in [1.807, 2.05) is 12.1 Å². The van der Waals surface area contributed by atoms with Crippen LogP contribution in [-0.4, -0.2) is 0 Å². The molecule has 0 N–H and O–H groups in total. The topological polar surface area (TPSA) is 23.1 Å². The molecule has 0 spiro atoms. The van der Waals surface area contributed by atoms with Gasteiger partial charge in [-0.2, -0.15) is 0 Å². The van der Waals surface area contributed by atoms with Gasteiger partial charge in [-0.3, -0.25) is 0 Å². The van der Waals surface area contributed by atoms with Crippen LogP contribution in [0, 0.1) is 6.92 Å². The van der Waals surface area contributed by atoms with Crippen molar-refractivity contribution in [3.63, 3.8) is 0 Å². The van der Waals surface area contributed by atoms with E-state index in [0.29, 0.717) is 0 Å². The van der Waals surface area contributed by atoms with Gasteiger partial charge in [0, 0.05) is 5.41 Å². The Labute approximate surface area is 103 Å². The quantitative estimate of drug-likeness (QED) is 0.768. The predicted octanol–water partition coefficient (Wildman–Crippen LogP) is 3.39. The summed E-state index contributed by atoms with van der Waals surface area (Å²) in [5.41, 5.74) is 3.63. The van der Waals surface area contributed by atoms with Crippen LogP contribution >= 0.6 is 0 Å². The lowest BCUT2D eigenvalue weighted by atomic mass is 9.78. The molecule has 1 heteroatoms. The van der Waals surface area contributed by atoms with Gasteiger partial charge in [-0.25, -0.2) is 0 Å². The van der Waals surface area contributed by atoms with Gasteiger partial charge in [0.2, 0.25) is 0 Å². The predicted molar refractivity (Wildman–Crippen MR) is 69.2 cm³/mol. The molecule has 0 heterocycles. The van der Waals surface area contributed by atoms with Crippen molar-refractivity contribution >= 4 is 0 Å². The number of aryl methyl sites for hydroxylation is 1. The van der Waals surface area contributed by atoms with E-state index in [2.05, 4.69) is 45.0 Å². The van der Waals surface area contributed by atoms with Gasteiger partial charge in [0.05, 0.1) is 0 Å². The Kier molecular flexibility index (Phi) is 2.93. The van der Waals surface area contributed by atoms with Crippen LogP contribution in [-0.2, 0) is 5.41 Å². The Hall–Kier alpha value is -1.76. The van der Waals surface area contributed by atoms with Gasteiger partial charge < -0.3 is 5.11 Å². The maximum absolute atomic E-state index is 11.1. The average Bonchev–Trinajstić information content (AvgIpc) is 2.30. The molecular weight excluding hydrogens is 208 g/mol. The fourth-order valence-electron chi connectivity index (χ4n) is 2.01. The third-order valence-electron chi connectivity index (χ3n) is 3.35. The number of rotatable bonds is 2. The fourth-order valence-corrected chi connectivity index (χ4v) is 2.01. The molecule has 2 aromatic carbocycles. The average molecular weight is 225 g/mol. The third kappa shape index (κ3) is 2.33. The summed E-state index contributed by atoms with van der Waals surface area (Å²) in [5, 5.41) is 11.1. The molecular formula is C16H17O-. The van der Waals surface area contributed by atoms with Crippen molar-refractivity contribution in [3.8, 4) is 5.75 Å². The molecule has 0 unspecified atom stereocenters. The third-order valence-corrected chi connectivity index (χ3v) is 3.35. The number of hydrogen-bond donors (Lipinski definition) is 0. The Morgan fingerprint density at radius 3 is 1.65 bits per heavy atom. The second kappa shape index (κ2) is 4.25. The highest BCUT2D eigenvalue weighted by molar-refractivity contribution is 5.40. The van der Waals surface area contributed by atoms with Crippen LogP contribution in [0.3, 0.4) is 0 Å². The van der Waals surface area contributed by atoms with Crippen molar-refractivity contribution in [2.75, 3.05) is 0 Å². The van der Waals surface area contributed by atoms with Gasteiger partial charge in [0.25, 0.3) is 0 Å². The van der Waals surface area contributed by atoms with E-state index >= 15 is 0 Å². The minimum atomic E-state index is -0.0681. The molecule has 0 aliphatic heterocycles. The van der Waals surface area contributed by atoms with Gasteiger partial charge in [0.15, 0.2) is 0 Å². The molecule has 2 rings (SSSR count). The first-order valence-corrected chi connectivity index (χ1v) is 5.85. The van der Waals surface area contributed by atoms with Gasteiger partial charge >= 0.3 is 0 Å². The Morgan fingerprint density at radius 2 is 1.18 bits per heavy atom. The summed E-state index contributed by atoms with van der Waals surface area (Å²) in [6, 6.07) is 15.7. The van der Waals surface area contributed by atoms with E-state index in [-0.39, 0.29) is 11.2 Å². The highest BCUT2D eigenvalue weighted by Crippen LogP contribution is 2.31. The molecule has 0 aliphatic rings. The van der Waals surface area contributed by atoms with Crippen LogP contribution < -0.4 is 5.11 Å². The summed E-state index contributed by atoms with van der Waals surface area (Å²) in [7, 11) is 0. The van der Waals surface area contributed by atoms with Crippen LogP contribution in [0.15, 0.2) is 48.5 Å². The second-order valence-electron chi connectivity index (χ2n) is 5.02. The van der Waals surface area contributed by atoms with Crippen LogP contribution in [0.5, 0.6) is 5.75 Å². The van der Waals surface area contributed by atoms with Crippen molar-refractivity contribution in [2.45, 2.75) is 26.2 Å². The lowest BCUT2D eigenvalue weighted by Gasteiger charge is -2.27. The molecule has 0 atom stereocenters. The first-order valence-electron chi connectivity index (χ1n) is 5.85.